The summed E-state index contributed by atoms with van der Waals surface area (Å²) >= 11 is 0. The Morgan fingerprint density at radius 2 is 1.68 bits per heavy atom. The maximum atomic E-state index is 11.4. The van der Waals surface area contributed by atoms with Crippen LogP contribution in [0.5, 0.6) is 5.75 Å². The van der Waals surface area contributed by atoms with Crippen LogP contribution in [0.4, 0.5) is 0 Å². The number of carbonyl (C=O) groups excluding carboxylic acids is 1. The van der Waals surface area contributed by atoms with Crippen molar-refractivity contribution < 1.29 is 38.7 Å². The van der Waals surface area contributed by atoms with Crippen LogP contribution >= 0.6 is 0 Å². The van der Waals surface area contributed by atoms with Gasteiger partial charge in [-0.1, -0.05) is 18.7 Å². The summed E-state index contributed by atoms with van der Waals surface area (Å²) in [7, 11) is 0. The van der Waals surface area contributed by atoms with Crippen LogP contribution in [0.2, 0.25) is 0 Å². The Labute approximate surface area is 199 Å². The molecule has 4 saturated carbocycles. The summed E-state index contributed by atoms with van der Waals surface area (Å²) in [5, 5.41) is 8.57. The van der Waals surface area contributed by atoms with E-state index in [1.807, 2.05) is 24.3 Å². The van der Waals surface area contributed by atoms with Crippen molar-refractivity contribution >= 4 is 17.5 Å². The molecule has 8 heteroatoms. The monoisotopic (exact) mass is 472 g/mol. The molecule has 4 bridgehead atoms. The molecule has 5 fully saturated rings. The van der Waals surface area contributed by atoms with Crippen molar-refractivity contribution in [3.05, 3.63) is 36.4 Å². The Hall–Kier alpha value is -2.42. The summed E-state index contributed by atoms with van der Waals surface area (Å²) in [6.45, 7) is 4.88. The third kappa shape index (κ3) is 4.72. The Morgan fingerprint density at radius 3 is 2.26 bits per heavy atom. The number of rotatable bonds is 9. The lowest BCUT2D eigenvalue weighted by atomic mass is 9.53. The van der Waals surface area contributed by atoms with Gasteiger partial charge in [-0.2, -0.15) is 4.89 Å². The van der Waals surface area contributed by atoms with Gasteiger partial charge in [0.15, 0.2) is 0 Å². The minimum absolute atomic E-state index is 0.0583. The van der Waals surface area contributed by atoms with Crippen molar-refractivity contribution in [1.29, 1.82) is 0 Å². The highest BCUT2D eigenvalue weighted by Crippen LogP contribution is 2.60. The van der Waals surface area contributed by atoms with Gasteiger partial charge in [0.25, 0.3) is 0 Å². The van der Waals surface area contributed by atoms with Gasteiger partial charge >= 0.3 is 11.9 Å². The standard InChI is InChI=1S/C26H32O8/c1-16(19-2-4-22(5-3-19)30-8-9-31-25(29)7-6-24(27)28)23-15-32-26(34-33-23)20-11-17-10-18(13-20)14-21(26)12-17/h2-5,17-18,20-21,23H,1,6-15H2,(H,27,28). The minimum Gasteiger partial charge on any atom is -0.490 e. The second kappa shape index (κ2) is 9.68. The highest BCUT2D eigenvalue weighted by atomic mass is 17.2. The number of carboxylic acid groups (broad SMARTS) is 1. The Balaban J connectivity index is 1.07. The maximum Gasteiger partial charge on any atom is 0.306 e. The van der Waals surface area contributed by atoms with Crippen LogP contribution in [0.3, 0.4) is 0 Å². The molecule has 5 aliphatic rings. The van der Waals surface area contributed by atoms with Gasteiger partial charge in [-0.15, -0.1) is 0 Å². The molecule has 1 spiro atoms. The Morgan fingerprint density at radius 1 is 1.00 bits per heavy atom. The molecule has 6 rings (SSSR count). The summed E-state index contributed by atoms with van der Waals surface area (Å²) in [6, 6.07) is 7.42. The first-order valence-electron chi connectivity index (χ1n) is 12.2. The Bertz CT molecular complexity index is 885. The van der Waals surface area contributed by atoms with Crippen LogP contribution in [0, 0.1) is 23.7 Å². The summed E-state index contributed by atoms with van der Waals surface area (Å²) in [6.07, 6.45) is 5.37. The maximum absolute atomic E-state index is 11.4. The van der Waals surface area contributed by atoms with Gasteiger partial charge in [0, 0.05) is 11.8 Å². The molecule has 1 aliphatic heterocycles. The average molecular weight is 473 g/mol. The van der Waals surface area contributed by atoms with E-state index in [0.717, 1.165) is 23.0 Å². The van der Waals surface area contributed by atoms with Crippen LogP contribution < -0.4 is 4.74 Å². The highest BCUT2D eigenvalue weighted by Gasteiger charge is 2.61. The number of aliphatic carboxylic acids is 1. The van der Waals surface area contributed by atoms with Crippen LogP contribution in [0.25, 0.3) is 5.57 Å². The van der Waals surface area contributed by atoms with Gasteiger partial charge in [0.05, 0.1) is 19.4 Å². The molecule has 1 atom stereocenters. The van der Waals surface area contributed by atoms with Crippen LogP contribution in [-0.4, -0.2) is 48.8 Å². The van der Waals surface area contributed by atoms with E-state index in [4.69, 9.17) is 29.1 Å². The fourth-order valence-electron chi connectivity index (χ4n) is 6.31. The number of ether oxygens (including phenoxy) is 3. The fraction of sp³-hybridized carbons (Fsp3) is 0.615. The third-order valence-electron chi connectivity index (χ3n) is 7.80. The summed E-state index contributed by atoms with van der Waals surface area (Å²) in [5.41, 5.74) is 1.70. The zero-order chi connectivity index (χ0) is 23.7. The van der Waals surface area contributed by atoms with Crippen LogP contribution in [-0.2, 0) is 28.8 Å². The molecule has 184 valence electrons. The molecule has 1 saturated heterocycles. The molecule has 1 heterocycles. The summed E-state index contributed by atoms with van der Waals surface area (Å²) in [5.74, 6) is 1.01. The van der Waals surface area contributed by atoms with E-state index in [0.29, 0.717) is 24.2 Å². The van der Waals surface area contributed by atoms with Gasteiger partial charge in [0.2, 0.25) is 5.79 Å². The lowest BCUT2D eigenvalue weighted by Crippen LogP contribution is -2.63. The largest absolute Gasteiger partial charge is 0.490 e. The number of hydrogen-bond acceptors (Lipinski definition) is 7. The molecule has 1 aromatic carbocycles. The summed E-state index contributed by atoms with van der Waals surface area (Å²) < 4.78 is 17.0. The lowest BCUT2D eigenvalue weighted by Gasteiger charge is -2.60. The Kier molecular flexibility index (Phi) is 6.64. The first kappa shape index (κ1) is 23.3. The molecule has 4 aliphatic carbocycles. The van der Waals surface area contributed by atoms with E-state index in [9.17, 15) is 9.59 Å². The zero-order valence-corrected chi connectivity index (χ0v) is 19.3. The van der Waals surface area contributed by atoms with E-state index in [-0.39, 0.29) is 32.2 Å². The van der Waals surface area contributed by atoms with Crippen molar-refractivity contribution in [2.24, 2.45) is 23.7 Å². The second-order valence-electron chi connectivity index (χ2n) is 10.0. The normalized spacial score (nSPS) is 33.6. The highest BCUT2D eigenvalue weighted by molar-refractivity contribution is 5.76. The van der Waals surface area contributed by atoms with Gasteiger partial charge in [-0.3, -0.25) is 9.59 Å². The van der Waals surface area contributed by atoms with Gasteiger partial charge < -0.3 is 19.3 Å². The summed E-state index contributed by atoms with van der Waals surface area (Å²) in [4.78, 5) is 33.8. The van der Waals surface area contributed by atoms with Gasteiger partial charge in [-0.25, -0.2) is 4.89 Å². The third-order valence-corrected chi connectivity index (χ3v) is 7.80. The number of carboxylic acids is 1. The van der Waals surface area contributed by atoms with Crippen molar-refractivity contribution in [1.82, 2.24) is 0 Å². The first-order valence-corrected chi connectivity index (χ1v) is 12.2. The molecule has 34 heavy (non-hydrogen) atoms. The van der Waals surface area contributed by atoms with Crippen molar-refractivity contribution in [2.45, 2.75) is 56.8 Å². The van der Waals surface area contributed by atoms with Crippen molar-refractivity contribution in [2.75, 3.05) is 19.8 Å². The number of carbonyl (C=O) groups is 2. The molecule has 0 aromatic heterocycles. The lowest BCUT2D eigenvalue weighted by molar-refractivity contribution is -0.517. The molecule has 8 nitrogen and oxygen atoms in total. The molecule has 1 N–H and O–H groups in total. The zero-order valence-electron chi connectivity index (χ0n) is 19.3. The SMILES string of the molecule is C=C(c1ccc(OCCOC(=O)CCC(=O)O)cc1)C1COC2(OO1)C1CC3CC(C1)CC2C3. The second-order valence-corrected chi connectivity index (χ2v) is 10.0. The van der Waals surface area contributed by atoms with E-state index < -0.39 is 17.7 Å². The van der Waals surface area contributed by atoms with Gasteiger partial charge in [-0.05, 0) is 67.2 Å². The molecule has 1 aromatic rings. The predicted octanol–water partition coefficient (Wildman–Crippen LogP) is 3.99. The minimum atomic E-state index is -1.03. The quantitative estimate of drug-likeness (QED) is 0.327. The van der Waals surface area contributed by atoms with Gasteiger partial charge in [0.1, 0.15) is 25.1 Å². The smallest absolute Gasteiger partial charge is 0.306 e. The van der Waals surface area contributed by atoms with Crippen LogP contribution in [0.1, 0.15) is 50.5 Å². The van der Waals surface area contributed by atoms with E-state index >= 15 is 0 Å². The number of esters is 1. The molecule has 0 radical (unpaired) electrons. The molecule has 1 unspecified atom stereocenters. The topological polar surface area (TPSA) is 101 Å². The number of hydrogen-bond donors (Lipinski definition) is 1. The number of benzene rings is 1. The molecular formula is C26H32O8. The van der Waals surface area contributed by atoms with Crippen molar-refractivity contribution in [3.63, 3.8) is 0 Å². The fourth-order valence-corrected chi connectivity index (χ4v) is 6.31. The predicted molar refractivity (Wildman–Crippen MR) is 120 cm³/mol. The average Bonchev–Trinajstić information content (AvgIpc) is 2.84. The molecular weight excluding hydrogens is 440 g/mol. The first-order chi connectivity index (χ1) is 16.4. The van der Waals surface area contributed by atoms with Crippen LogP contribution in [0.15, 0.2) is 30.8 Å². The van der Waals surface area contributed by atoms with E-state index in [1.54, 1.807) is 0 Å². The van der Waals surface area contributed by atoms with Crippen molar-refractivity contribution in [3.8, 4) is 5.75 Å². The van der Waals surface area contributed by atoms with E-state index in [1.165, 1.54) is 32.1 Å². The molecule has 0 amide bonds. The van der Waals surface area contributed by atoms with E-state index in [2.05, 4.69) is 6.58 Å².